The zero-order valence-electron chi connectivity index (χ0n) is 11.7. The third kappa shape index (κ3) is 3.14. The Morgan fingerprint density at radius 3 is 2.90 bits per heavy atom. The van der Waals surface area contributed by atoms with Crippen molar-refractivity contribution in [1.29, 1.82) is 0 Å². The van der Waals surface area contributed by atoms with Gasteiger partial charge in [-0.2, -0.15) is 0 Å². The second kappa shape index (κ2) is 6.00. The number of carbonyl (C=O) groups is 1. The van der Waals surface area contributed by atoms with Gasteiger partial charge in [-0.15, -0.1) is 0 Å². The van der Waals surface area contributed by atoms with E-state index in [0.717, 1.165) is 24.9 Å². The van der Waals surface area contributed by atoms with Crippen LogP contribution >= 0.6 is 0 Å². The number of aryl methyl sites for hydroxylation is 1. The molecule has 2 N–H and O–H groups in total. The number of nitrogens with zero attached hydrogens (tertiary/aromatic N) is 1. The lowest BCUT2D eigenvalue weighted by molar-refractivity contribution is -0.384. The molecule has 0 spiro atoms. The summed E-state index contributed by atoms with van der Waals surface area (Å²) in [4.78, 5) is 22.6. The van der Waals surface area contributed by atoms with Gasteiger partial charge < -0.3 is 10.6 Å². The summed E-state index contributed by atoms with van der Waals surface area (Å²) in [5.74, 6) is -0.244. The fourth-order valence-electron chi connectivity index (χ4n) is 2.46. The molecule has 1 aliphatic rings. The Hall–Kier alpha value is -1.95. The van der Waals surface area contributed by atoms with Gasteiger partial charge in [-0.05, 0) is 38.8 Å². The standard InChI is InChI=1S/C14H19N3O3/c1-9-5-6-11(17(19)20)8-12(9)14(18)16-13-4-3-7-15-10(13)2/h5-6,8,10,13,15H,3-4,7H2,1-2H3,(H,16,18). The Balaban J connectivity index is 2.16. The van der Waals surface area contributed by atoms with Crippen molar-refractivity contribution in [1.82, 2.24) is 10.6 Å². The van der Waals surface area contributed by atoms with Gasteiger partial charge in [0.2, 0.25) is 0 Å². The van der Waals surface area contributed by atoms with Gasteiger partial charge in [0.25, 0.3) is 11.6 Å². The maximum Gasteiger partial charge on any atom is 0.270 e. The minimum atomic E-state index is -0.485. The molecular weight excluding hydrogens is 258 g/mol. The quantitative estimate of drug-likeness (QED) is 0.651. The van der Waals surface area contributed by atoms with E-state index >= 15 is 0 Å². The van der Waals surface area contributed by atoms with Gasteiger partial charge in [0, 0.05) is 29.8 Å². The lowest BCUT2D eigenvalue weighted by Gasteiger charge is -2.30. The predicted molar refractivity (Wildman–Crippen MR) is 75.8 cm³/mol. The maximum absolute atomic E-state index is 12.3. The summed E-state index contributed by atoms with van der Waals surface area (Å²) >= 11 is 0. The molecule has 6 heteroatoms. The highest BCUT2D eigenvalue weighted by atomic mass is 16.6. The normalized spacial score (nSPS) is 22.3. The Labute approximate surface area is 117 Å². The second-order valence-corrected chi connectivity index (χ2v) is 5.22. The highest BCUT2D eigenvalue weighted by Crippen LogP contribution is 2.18. The van der Waals surface area contributed by atoms with Gasteiger partial charge in [0.05, 0.1) is 4.92 Å². The number of rotatable bonds is 3. The number of amides is 1. The molecule has 1 aliphatic heterocycles. The van der Waals surface area contributed by atoms with Crippen LogP contribution in [-0.4, -0.2) is 29.5 Å². The van der Waals surface area contributed by atoms with E-state index in [9.17, 15) is 14.9 Å². The average molecular weight is 277 g/mol. The van der Waals surface area contributed by atoms with Crippen molar-refractivity contribution >= 4 is 11.6 Å². The van der Waals surface area contributed by atoms with Gasteiger partial charge in [0.1, 0.15) is 0 Å². The monoisotopic (exact) mass is 277 g/mol. The molecule has 108 valence electrons. The van der Waals surface area contributed by atoms with E-state index in [1.807, 2.05) is 6.92 Å². The minimum Gasteiger partial charge on any atom is -0.348 e. The first-order valence-corrected chi connectivity index (χ1v) is 6.78. The van der Waals surface area contributed by atoms with Crippen molar-refractivity contribution in [3.05, 3.63) is 39.4 Å². The van der Waals surface area contributed by atoms with Gasteiger partial charge in [0.15, 0.2) is 0 Å². The molecular formula is C14H19N3O3. The molecule has 20 heavy (non-hydrogen) atoms. The fourth-order valence-corrected chi connectivity index (χ4v) is 2.46. The highest BCUT2D eigenvalue weighted by Gasteiger charge is 2.24. The topological polar surface area (TPSA) is 84.3 Å². The van der Waals surface area contributed by atoms with Crippen LogP contribution in [0.5, 0.6) is 0 Å². The van der Waals surface area contributed by atoms with Gasteiger partial charge in [-0.25, -0.2) is 0 Å². The summed E-state index contributed by atoms with van der Waals surface area (Å²) in [5, 5.41) is 17.1. The van der Waals surface area contributed by atoms with Crippen LogP contribution in [0.2, 0.25) is 0 Å². The predicted octanol–water partition coefficient (Wildman–Crippen LogP) is 1.77. The molecule has 0 aromatic heterocycles. The summed E-state index contributed by atoms with van der Waals surface area (Å²) in [7, 11) is 0. The van der Waals surface area contributed by atoms with Gasteiger partial charge in [-0.3, -0.25) is 14.9 Å². The molecule has 1 amide bonds. The van der Waals surface area contributed by atoms with Crippen LogP contribution in [0.15, 0.2) is 18.2 Å². The zero-order valence-corrected chi connectivity index (χ0v) is 11.7. The third-order valence-corrected chi connectivity index (χ3v) is 3.75. The van der Waals surface area contributed by atoms with Crippen molar-refractivity contribution in [2.45, 2.75) is 38.8 Å². The first kappa shape index (κ1) is 14.5. The van der Waals surface area contributed by atoms with E-state index in [2.05, 4.69) is 10.6 Å². The number of hydrogen-bond donors (Lipinski definition) is 2. The molecule has 2 rings (SSSR count). The molecule has 1 aromatic rings. The number of nitrogens with one attached hydrogen (secondary N) is 2. The third-order valence-electron chi connectivity index (χ3n) is 3.75. The molecule has 0 saturated carbocycles. The van der Waals surface area contributed by atoms with Gasteiger partial charge in [-0.1, -0.05) is 6.07 Å². The lowest BCUT2D eigenvalue weighted by Crippen LogP contribution is -2.52. The smallest absolute Gasteiger partial charge is 0.270 e. The number of carbonyl (C=O) groups excluding carboxylic acids is 1. The number of benzene rings is 1. The Bertz CT molecular complexity index is 530. The molecule has 1 saturated heterocycles. The van der Waals surface area contributed by atoms with Crippen LogP contribution in [-0.2, 0) is 0 Å². The highest BCUT2D eigenvalue weighted by molar-refractivity contribution is 5.96. The molecule has 1 aromatic carbocycles. The van der Waals surface area contributed by atoms with E-state index < -0.39 is 4.92 Å². The number of hydrogen-bond acceptors (Lipinski definition) is 4. The number of nitro benzene ring substituents is 1. The van der Waals surface area contributed by atoms with Crippen LogP contribution in [0.4, 0.5) is 5.69 Å². The first-order chi connectivity index (χ1) is 9.49. The summed E-state index contributed by atoms with van der Waals surface area (Å²) in [6.45, 7) is 4.77. The van der Waals surface area contributed by atoms with Crippen LogP contribution in [0, 0.1) is 17.0 Å². The first-order valence-electron chi connectivity index (χ1n) is 6.78. The fraction of sp³-hybridized carbons (Fsp3) is 0.500. The SMILES string of the molecule is Cc1ccc([N+](=O)[O-])cc1C(=O)NC1CCCNC1C. The molecule has 0 bridgehead atoms. The molecule has 0 radical (unpaired) electrons. The summed E-state index contributed by atoms with van der Waals surface area (Å²) < 4.78 is 0. The van der Waals surface area contributed by atoms with Crippen molar-refractivity contribution in [3.63, 3.8) is 0 Å². The van der Waals surface area contributed by atoms with E-state index in [0.29, 0.717) is 5.56 Å². The molecule has 0 aliphatic carbocycles. The Kier molecular flexibility index (Phi) is 4.34. The van der Waals surface area contributed by atoms with Crippen LogP contribution in [0.3, 0.4) is 0 Å². The summed E-state index contributed by atoms with van der Waals surface area (Å²) in [6.07, 6.45) is 1.94. The number of nitro groups is 1. The zero-order chi connectivity index (χ0) is 14.7. The molecule has 1 heterocycles. The van der Waals surface area contributed by atoms with Crippen LogP contribution < -0.4 is 10.6 Å². The molecule has 2 atom stereocenters. The average Bonchev–Trinajstić information content (AvgIpc) is 2.41. The maximum atomic E-state index is 12.3. The van der Waals surface area contributed by atoms with Crippen molar-refractivity contribution in [3.8, 4) is 0 Å². The van der Waals surface area contributed by atoms with Crippen LogP contribution in [0.25, 0.3) is 0 Å². The van der Waals surface area contributed by atoms with E-state index in [-0.39, 0.29) is 23.7 Å². The van der Waals surface area contributed by atoms with E-state index in [1.54, 1.807) is 13.0 Å². The lowest BCUT2D eigenvalue weighted by atomic mass is 9.99. The van der Waals surface area contributed by atoms with Crippen molar-refractivity contribution in [2.75, 3.05) is 6.54 Å². The number of piperidine rings is 1. The van der Waals surface area contributed by atoms with Crippen LogP contribution in [0.1, 0.15) is 35.7 Å². The van der Waals surface area contributed by atoms with E-state index in [4.69, 9.17) is 0 Å². The van der Waals surface area contributed by atoms with E-state index in [1.165, 1.54) is 12.1 Å². The number of non-ortho nitro benzene ring substituents is 1. The second-order valence-electron chi connectivity index (χ2n) is 5.22. The molecule has 2 unspecified atom stereocenters. The Morgan fingerprint density at radius 2 is 2.25 bits per heavy atom. The summed E-state index contributed by atoms with van der Waals surface area (Å²) in [6, 6.07) is 4.64. The molecule has 1 fully saturated rings. The summed E-state index contributed by atoms with van der Waals surface area (Å²) in [5.41, 5.74) is 1.05. The van der Waals surface area contributed by atoms with Crippen molar-refractivity contribution < 1.29 is 9.72 Å². The minimum absolute atomic E-state index is 0.0597. The van der Waals surface area contributed by atoms with Crippen molar-refractivity contribution in [2.24, 2.45) is 0 Å². The largest absolute Gasteiger partial charge is 0.348 e. The van der Waals surface area contributed by atoms with Gasteiger partial charge >= 0.3 is 0 Å². The Morgan fingerprint density at radius 1 is 1.50 bits per heavy atom. The molecule has 6 nitrogen and oxygen atoms in total.